The monoisotopic (exact) mass is 318 g/mol. The number of urea groups is 1. The standard InChI is InChI=1S/C12H15FN2O5S/c1-15(5-6-21(2,19)20)12(18)14-8-3-4-9(11(16)17)10(13)7-8/h3-4,7H,5-6H2,1-2H3,(H,14,18)(H,16,17). The Morgan fingerprint density at radius 2 is 2.00 bits per heavy atom. The van der Waals surface area contributed by atoms with Gasteiger partial charge in [-0.25, -0.2) is 22.4 Å². The van der Waals surface area contributed by atoms with Crippen molar-refractivity contribution in [1.82, 2.24) is 4.90 Å². The highest BCUT2D eigenvalue weighted by Gasteiger charge is 2.14. The zero-order valence-electron chi connectivity index (χ0n) is 11.5. The molecule has 2 amide bonds. The Hall–Kier alpha value is -2.16. The summed E-state index contributed by atoms with van der Waals surface area (Å²) in [4.78, 5) is 23.5. The van der Waals surface area contributed by atoms with Crippen LogP contribution in [0, 0.1) is 5.82 Å². The van der Waals surface area contributed by atoms with E-state index in [9.17, 15) is 22.4 Å². The number of carbonyl (C=O) groups is 2. The normalized spacial score (nSPS) is 11.0. The molecule has 0 fully saturated rings. The summed E-state index contributed by atoms with van der Waals surface area (Å²) in [5.41, 5.74) is -0.424. The van der Waals surface area contributed by atoms with Gasteiger partial charge in [-0.2, -0.15) is 0 Å². The van der Waals surface area contributed by atoms with Crippen molar-refractivity contribution in [3.63, 3.8) is 0 Å². The summed E-state index contributed by atoms with van der Waals surface area (Å²) in [7, 11) is -1.80. The lowest BCUT2D eigenvalue weighted by Crippen LogP contribution is -2.34. The third kappa shape index (κ3) is 5.38. The van der Waals surface area contributed by atoms with Gasteiger partial charge in [-0.1, -0.05) is 0 Å². The largest absolute Gasteiger partial charge is 0.478 e. The van der Waals surface area contributed by atoms with E-state index in [1.807, 2.05) is 0 Å². The SMILES string of the molecule is CN(CCS(C)(=O)=O)C(=O)Nc1ccc(C(=O)O)c(F)c1. The van der Waals surface area contributed by atoms with Crippen molar-refractivity contribution in [3.8, 4) is 0 Å². The van der Waals surface area contributed by atoms with Gasteiger partial charge in [0.15, 0.2) is 0 Å². The number of carboxylic acid groups (broad SMARTS) is 1. The van der Waals surface area contributed by atoms with Crippen LogP contribution in [0.4, 0.5) is 14.9 Å². The van der Waals surface area contributed by atoms with Crippen molar-refractivity contribution in [2.24, 2.45) is 0 Å². The molecule has 1 aromatic carbocycles. The van der Waals surface area contributed by atoms with Crippen LogP contribution in [0.15, 0.2) is 18.2 Å². The third-order valence-electron chi connectivity index (χ3n) is 2.59. The molecule has 0 aliphatic carbocycles. The minimum absolute atomic E-state index is 0.0135. The first kappa shape index (κ1) is 16.9. The second-order valence-corrected chi connectivity index (χ2v) is 6.74. The number of sulfone groups is 1. The van der Waals surface area contributed by atoms with Gasteiger partial charge in [-0.15, -0.1) is 0 Å². The van der Waals surface area contributed by atoms with Crippen molar-refractivity contribution in [3.05, 3.63) is 29.6 Å². The third-order valence-corrected chi connectivity index (χ3v) is 3.52. The predicted molar refractivity (Wildman–Crippen MR) is 74.7 cm³/mol. The summed E-state index contributed by atoms with van der Waals surface area (Å²) in [5, 5.41) is 11.0. The quantitative estimate of drug-likeness (QED) is 0.844. The van der Waals surface area contributed by atoms with Crippen molar-refractivity contribution in [2.45, 2.75) is 0 Å². The van der Waals surface area contributed by atoms with Crippen molar-refractivity contribution >= 4 is 27.5 Å². The van der Waals surface area contributed by atoms with E-state index >= 15 is 0 Å². The number of halogens is 1. The molecule has 0 unspecified atom stereocenters. The van der Waals surface area contributed by atoms with Crippen LogP contribution in [0.2, 0.25) is 0 Å². The number of hydrogen-bond donors (Lipinski definition) is 2. The Labute approximate surface area is 121 Å². The zero-order valence-corrected chi connectivity index (χ0v) is 12.3. The van der Waals surface area contributed by atoms with Crippen LogP contribution in [0.3, 0.4) is 0 Å². The van der Waals surface area contributed by atoms with E-state index in [2.05, 4.69) is 5.32 Å². The Morgan fingerprint density at radius 1 is 1.38 bits per heavy atom. The van der Waals surface area contributed by atoms with Gasteiger partial charge >= 0.3 is 12.0 Å². The molecule has 0 aliphatic heterocycles. The summed E-state index contributed by atoms with van der Waals surface area (Å²) in [6.07, 6.45) is 1.05. The predicted octanol–water partition coefficient (Wildman–Crippen LogP) is 1.03. The fourth-order valence-corrected chi connectivity index (χ4v) is 2.00. The number of carbonyl (C=O) groups excluding carboxylic acids is 1. The van der Waals surface area contributed by atoms with Crippen LogP contribution in [0.5, 0.6) is 0 Å². The van der Waals surface area contributed by atoms with Crippen LogP contribution < -0.4 is 5.32 Å². The highest BCUT2D eigenvalue weighted by atomic mass is 32.2. The lowest BCUT2D eigenvalue weighted by atomic mass is 10.2. The second-order valence-electron chi connectivity index (χ2n) is 4.48. The van der Waals surface area contributed by atoms with Gasteiger partial charge in [0.25, 0.3) is 0 Å². The average molecular weight is 318 g/mol. The number of rotatable bonds is 5. The number of hydrogen-bond acceptors (Lipinski definition) is 4. The van der Waals surface area contributed by atoms with Crippen LogP contribution in [0.1, 0.15) is 10.4 Å². The van der Waals surface area contributed by atoms with Gasteiger partial charge in [0.1, 0.15) is 15.7 Å². The van der Waals surface area contributed by atoms with E-state index < -0.39 is 33.2 Å². The molecular weight excluding hydrogens is 303 g/mol. The Morgan fingerprint density at radius 3 is 2.48 bits per heavy atom. The number of carboxylic acids is 1. The minimum Gasteiger partial charge on any atom is -0.478 e. The van der Waals surface area contributed by atoms with Crippen LogP contribution in [-0.2, 0) is 9.84 Å². The van der Waals surface area contributed by atoms with E-state index in [4.69, 9.17) is 5.11 Å². The van der Waals surface area contributed by atoms with Crippen molar-refractivity contribution in [1.29, 1.82) is 0 Å². The molecule has 2 N–H and O–H groups in total. The molecule has 7 nitrogen and oxygen atoms in total. The summed E-state index contributed by atoms with van der Waals surface area (Å²) in [6.45, 7) is -0.0135. The van der Waals surface area contributed by atoms with Crippen LogP contribution in [0.25, 0.3) is 0 Å². The van der Waals surface area contributed by atoms with Gasteiger partial charge in [0, 0.05) is 25.5 Å². The Balaban J connectivity index is 2.70. The smallest absolute Gasteiger partial charge is 0.338 e. The molecular formula is C12H15FN2O5S. The Kier molecular flexibility index (Phi) is 5.25. The van der Waals surface area contributed by atoms with Gasteiger partial charge in [0.2, 0.25) is 0 Å². The summed E-state index contributed by atoms with van der Waals surface area (Å²) >= 11 is 0. The first-order valence-electron chi connectivity index (χ1n) is 5.83. The molecule has 0 bridgehead atoms. The molecule has 21 heavy (non-hydrogen) atoms. The molecule has 9 heteroatoms. The van der Waals surface area contributed by atoms with E-state index in [1.54, 1.807) is 0 Å². The molecule has 116 valence electrons. The Bertz CT molecular complexity index is 660. The van der Waals surface area contributed by atoms with Gasteiger partial charge in [-0.05, 0) is 18.2 Å². The first-order valence-corrected chi connectivity index (χ1v) is 7.89. The molecule has 0 atom stereocenters. The maximum absolute atomic E-state index is 13.4. The summed E-state index contributed by atoms with van der Waals surface area (Å²) in [5.74, 6) is -2.57. The number of nitrogens with zero attached hydrogens (tertiary/aromatic N) is 1. The maximum Gasteiger partial charge on any atom is 0.338 e. The molecule has 0 aromatic heterocycles. The van der Waals surface area contributed by atoms with Gasteiger partial charge in [0.05, 0.1) is 11.3 Å². The molecule has 0 aliphatic rings. The molecule has 0 radical (unpaired) electrons. The van der Waals surface area contributed by atoms with Gasteiger partial charge < -0.3 is 15.3 Å². The van der Waals surface area contributed by atoms with Crippen LogP contribution in [-0.4, -0.2) is 56.0 Å². The van der Waals surface area contributed by atoms with Crippen molar-refractivity contribution in [2.75, 3.05) is 30.9 Å². The summed E-state index contributed by atoms with van der Waals surface area (Å²) in [6, 6.07) is 2.53. The summed E-state index contributed by atoms with van der Waals surface area (Å²) < 4.78 is 35.4. The zero-order chi connectivity index (χ0) is 16.2. The highest BCUT2D eigenvalue weighted by Crippen LogP contribution is 2.15. The number of amides is 2. The maximum atomic E-state index is 13.4. The van der Waals surface area contributed by atoms with E-state index in [1.165, 1.54) is 13.1 Å². The molecule has 1 aromatic rings. The minimum atomic E-state index is -3.19. The molecule has 0 heterocycles. The van der Waals surface area contributed by atoms with E-state index in [-0.39, 0.29) is 18.0 Å². The number of nitrogens with one attached hydrogen (secondary N) is 1. The van der Waals surface area contributed by atoms with E-state index in [0.717, 1.165) is 23.3 Å². The lowest BCUT2D eigenvalue weighted by molar-refractivity contribution is 0.0692. The van der Waals surface area contributed by atoms with Gasteiger partial charge in [-0.3, -0.25) is 0 Å². The first-order chi connectivity index (χ1) is 9.60. The average Bonchev–Trinajstić information content (AvgIpc) is 2.34. The molecule has 0 spiro atoms. The number of anilines is 1. The van der Waals surface area contributed by atoms with E-state index in [0.29, 0.717) is 0 Å². The lowest BCUT2D eigenvalue weighted by Gasteiger charge is -2.17. The fourth-order valence-electron chi connectivity index (χ4n) is 1.39. The number of aromatic carboxylic acids is 1. The second kappa shape index (κ2) is 6.53. The fraction of sp³-hybridized carbons (Fsp3) is 0.333. The highest BCUT2D eigenvalue weighted by molar-refractivity contribution is 7.90. The van der Waals surface area contributed by atoms with Crippen LogP contribution >= 0.6 is 0 Å². The molecule has 0 saturated heterocycles. The number of benzene rings is 1. The van der Waals surface area contributed by atoms with Crippen molar-refractivity contribution < 1.29 is 27.5 Å². The molecule has 1 rings (SSSR count). The molecule has 0 saturated carbocycles. The topological polar surface area (TPSA) is 104 Å².